The van der Waals surface area contributed by atoms with E-state index < -0.39 is 5.92 Å². The van der Waals surface area contributed by atoms with Crippen LogP contribution >= 0.6 is 0 Å². The van der Waals surface area contributed by atoms with Crippen LogP contribution in [0.5, 0.6) is 0 Å². The summed E-state index contributed by atoms with van der Waals surface area (Å²) in [6.07, 6.45) is 3.44. The molecule has 0 aliphatic rings. The molecule has 3 nitrogen and oxygen atoms in total. The smallest absolute Gasteiger partial charge is 0.170 e. The predicted molar refractivity (Wildman–Crippen MR) is 93.1 cm³/mol. The topological polar surface area (TPSA) is 47.0 Å². The molecule has 1 heterocycles. The van der Waals surface area contributed by atoms with Crippen molar-refractivity contribution >= 4 is 11.6 Å². The Kier molecular flexibility index (Phi) is 4.92. The average molecular weight is 315 g/mol. The summed E-state index contributed by atoms with van der Waals surface area (Å²) in [7, 11) is 0. The molecule has 1 atom stereocenters. The lowest BCUT2D eigenvalue weighted by Gasteiger charge is -2.15. The Morgan fingerprint density at radius 1 is 0.792 bits per heavy atom. The summed E-state index contributed by atoms with van der Waals surface area (Å²) >= 11 is 0. The second kappa shape index (κ2) is 7.47. The van der Waals surface area contributed by atoms with E-state index in [2.05, 4.69) is 4.98 Å². The molecule has 24 heavy (non-hydrogen) atoms. The first-order chi connectivity index (χ1) is 11.8. The Hall–Kier alpha value is -3.07. The fraction of sp³-hybridized carbons (Fsp3) is 0.0952. The SMILES string of the molecule is O=C(CC(C(=O)c1ccccc1)c1cccnc1)c1ccccc1. The number of Topliss-reactive ketones (excluding diaryl/α,β-unsaturated/α-hetero) is 2. The van der Waals surface area contributed by atoms with Gasteiger partial charge in [0, 0.05) is 29.9 Å². The van der Waals surface area contributed by atoms with Crippen molar-refractivity contribution in [3.63, 3.8) is 0 Å². The van der Waals surface area contributed by atoms with E-state index in [1.165, 1.54) is 0 Å². The molecule has 3 rings (SSSR count). The van der Waals surface area contributed by atoms with Crippen LogP contribution in [-0.2, 0) is 0 Å². The molecule has 0 spiro atoms. The van der Waals surface area contributed by atoms with Gasteiger partial charge in [-0.25, -0.2) is 0 Å². The molecule has 0 saturated heterocycles. The molecule has 0 aliphatic carbocycles. The number of pyridine rings is 1. The number of carbonyl (C=O) groups excluding carboxylic acids is 2. The third-order valence-electron chi connectivity index (χ3n) is 3.95. The van der Waals surface area contributed by atoms with Crippen molar-refractivity contribution in [3.8, 4) is 0 Å². The lowest BCUT2D eigenvalue weighted by atomic mass is 9.86. The summed E-state index contributed by atoms with van der Waals surface area (Å²) in [4.78, 5) is 29.6. The van der Waals surface area contributed by atoms with Gasteiger partial charge in [0.1, 0.15) is 0 Å². The van der Waals surface area contributed by atoms with Crippen molar-refractivity contribution < 1.29 is 9.59 Å². The number of hydrogen-bond acceptors (Lipinski definition) is 3. The Bertz CT molecular complexity index is 814. The molecule has 0 saturated carbocycles. The Labute approximate surface area is 141 Å². The van der Waals surface area contributed by atoms with E-state index in [4.69, 9.17) is 0 Å². The van der Waals surface area contributed by atoms with Crippen LogP contribution in [0, 0.1) is 0 Å². The first-order valence-electron chi connectivity index (χ1n) is 7.83. The largest absolute Gasteiger partial charge is 0.294 e. The van der Waals surface area contributed by atoms with Gasteiger partial charge < -0.3 is 0 Å². The number of nitrogens with zero attached hydrogens (tertiary/aromatic N) is 1. The zero-order chi connectivity index (χ0) is 16.8. The van der Waals surface area contributed by atoms with Crippen LogP contribution in [0.25, 0.3) is 0 Å². The van der Waals surface area contributed by atoms with Crippen LogP contribution < -0.4 is 0 Å². The molecule has 1 unspecified atom stereocenters. The molecule has 3 heteroatoms. The van der Waals surface area contributed by atoms with E-state index in [-0.39, 0.29) is 18.0 Å². The molecule has 118 valence electrons. The molecule has 0 aliphatic heterocycles. The quantitative estimate of drug-likeness (QED) is 0.636. The molecule has 1 aromatic heterocycles. The van der Waals surface area contributed by atoms with Crippen molar-refractivity contribution in [2.45, 2.75) is 12.3 Å². The maximum atomic E-state index is 12.9. The van der Waals surface area contributed by atoms with E-state index in [0.717, 1.165) is 5.56 Å². The molecule has 0 bridgehead atoms. The zero-order valence-electron chi connectivity index (χ0n) is 13.1. The lowest BCUT2D eigenvalue weighted by molar-refractivity contribution is 0.0893. The van der Waals surface area contributed by atoms with E-state index in [0.29, 0.717) is 11.1 Å². The predicted octanol–water partition coefficient (Wildman–Crippen LogP) is 4.32. The summed E-state index contributed by atoms with van der Waals surface area (Å²) in [6.45, 7) is 0. The van der Waals surface area contributed by atoms with E-state index in [1.54, 1.807) is 42.7 Å². The van der Waals surface area contributed by atoms with Crippen LogP contribution in [0.1, 0.15) is 38.6 Å². The molecule has 0 amide bonds. The Balaban J connectivity index is 1.91. The maximum absolute atomic E-state index is 12.9. The van der Waals surface area contributed by atoms with E-state index in [1.807, 2.05) is 42.5 Å². The summed E-state index contributed by atoms with van der Waals surface area (Å²) in [6, 6.07) is 21.8. The first kappa shape index (κ1) is 15.8. The highest BCUT2D eigenvalue weighted by atomic mass is 16.1. The lowest BCUT2D eigenvalue weighted by Crippen LogP contribution is -2.17. The van der Waals surface area contributed by atoms with Gasteiger partial charge in [-0.05, 0) is 11.6 Å². The van der Waals surface area contributed by atoms with Gasteiger partial charge in [0.2, 0.25) is 0 Å². The number of carbonyl (C=O) groups is 2. The van der Waals surface area contributed by atoms with Crippen LogP contribution in [0.2, 0.25) is 0 Å². The van der Waals surface area contributed by atoms with Gasteiger partial charge in [0.25, 0.3) is 0 Å². The van der Waals surface area contributed by atoms with Crippen LogP contribution in [0.4, 0.5) is 0 Å². The summed E-state index contributed by atoms with van der Waals surface area (Å²) in [5.74, 6) is -0.643. The van der Waals surface area contributed by atoms with Crippen molar-refractivity contribution in [3.05, 3.63) is 102 Å². The number of aromatic nitrogens is 1. The minimum atomic E-state index is -0.534. The Morgan fingerprint density at radius 2 is 1.42 bits per heavy atom. The average Bonchev–Trinajstić information content (AvgIpc) is 2.67. The van der Waals surface area contributed by atoms with Crippen molar-refractivity contribution in [1.82, 2.24) is 4.98 Å². The van der Waals surface area contributed by atoms with Crippen LogP contribution in [-0.4, -0.2) is 16.6 Å². The van der Waals surface area contributed by atoms with Gasteiger partial charge in [0.15, 0.2) is 11.6 Å². The minimum absolute atomic E-state index is 0.0475. The number of benzene rings is 2. The van der Waals surface area contributed by atoms with Gasteiger partial charge in [-0.1, -0.05) is 66.7 Å². The highest BCUT2D eigenvalue weighted by molar-refractivity contribution is 6.06. The van der Waals surface area contributed by atoms with Gasteiger partial charge in [0.05, 0.1) is 5.92 Å². The van der Waals surface area contributed by atoms with Crippen molar-refractivity contribution in [2.24, 2.45) is 0 Å². The summed E-state index contributed by atoms with van der Waals surface area (Å²) in [5, 5.41) is 0. The molecule has 3 aromatic rings. The van der Waals surface area contributed by atoms with Gasteiger partial charge >= 0.3 is 0 Å². The number of ketones is 2. The van der Waals surface area contributed by atoms with Gasteiger partial charge in [-0.15, -0.1) is 0 Å². The number of rotatable bonds is 6. The summed E-state index contributed by atoms with van der Waals surface area (Å²) in [5.41, 5.74) is 1.98. The number of hydrogen-bond donors (Lipinski definition) is 0. The van der Waals surface area contributed by atoms with Crippen LogP contribution in [0.15, 0.2) is 85.2 Å². The maximum Gasteiger partial charge on any atom is 0.170 e. The minimum Gasteiger partial charge on any atom is -0.294 e. The highest BCUT2D eigenvalue weighted by Gasteiger charge is 2.25. The fourth-order valence-electron chi connectivity index (χ4n) is 2.67. The second-order valence-corrected chi connectivity index (χ2v) is 5.56. The van der Waals surface area contributed by atoms with Crippen molar-refractivity contribution in [1.29, 1.82) is 0 Å². The molecular formula is C21H17NO2. The fourth-order valence-corrected chi connectivity index (χ4v) is 2.67. The third-order valence-corrected chi connectivity index (χ3v) is 3.95. The Morgan fingerprint density at radius 3 is 2.00 bits per heavy atom. The monoisotopic (exact) mass is 315 g/mol. The molecule has 0 N–H and O–H groups in total. The van der Waals surface area contributed by atoms with E-state index in [9.17, 15) is 9.59 Å². The molecular weight excluding hydrogens is 298 g/mol. The molecule has 0 radical (unpaired) electrons. The normalized spacial score (nSPS) is 11.7. The van der Waals surface area contributed by atoms with Crippen LogP contribution in [0.3, 0.4) is 0 Å². The summed E-state index contributed by atoms with van der Waals surface area (Å²) < 4.78 is 0. The second-order valence-electron chi connectivity index (χ2n) is 5.56. The van der Waals surface area contributed by atoms with Gasteiger partial charge in [-0.2, -0.15) is 0 Å². The highest BCUT2D eigenvalue weighted by Crippen LogP contribution is 2.25. The standard InChI is InChI=1S/C21H17NO2/c23-20(16-8-3-1-4-9-16)14-19(18-12-7-13-22-15-18)21(24)17-10-5-2-6-11-17/h1-13,15,19H,14H2. The van der Waals surface area contributed by atoms with Crippen molar-refractivity contribution in [2.75, 3.05) is 0 Å². The molecule has 0 fully saturated rings. The van der Waals surface area contributed by atoms with E-state index >= 15 is 0 Å². The molecule has 2 aromatic carbocycles. The third kappa shape index (κ3) is 3.63. The first-order valence-corrected chi connectivity index (χ1v) is 7.83. The van der Waals surface area contributed by atoms with Gasteiger partial charge in [-0.3, -0.25) is 14.6 Å². The zero-order valence-corrected chi connectivity index (χ0v) is 13.1.